The largest absolute Gasteiger partial charge is 0.311 e. The molecule has 0 aliphatic carbocycles. The van der Waals surface area contributed by atoms with Crippen molar-refractivity contribution in [1.82, 2.24) is 0 Å². The van der Waals surface area contributed by atoms with Gasteiger partial charge in [-0.1, -0.05) is 36.9 Å². The second-order valence-electron chi connectivity index (χ2n) is 4.87. The Morgan fingerprint density at radius 1 is 1.43 bits per heavy atom. The summed E-state index contributed by atoms with van der Waals surface area (Å²) in [6.45, 7) is 4.24. The Bertz CT molecular complexity index is 593. The van der Waals surface area contributed by atoms with Gasteiger partial charge in [0.2, 0.25) is 12.5 Å². The Kier molecular flexibility index (Phi) is 4.87. The van der Waals surface area contributed by atoms with Gasteiger partial charge in [0, 0.05) is 29.9 Å². The van der Waals surface area contributed by atoms with Crippen molar-refractivity contribution in [2.24, 2.45) is 0 Å². The van der Waals surface area contributed by atoms with Crippen LogP contribution in [0, 0.1) is 10.1 Å². The molecule has 0 N–H and O–H groups in total. The molecule has 0 saturated heterocycles. The lowest BCUT2D eigenvalue weighted by molar-refractivity contribution is -0.480. The highest BCUT2D eigenvalue weighted by Gasteiger charge is 2.21. The third-order valence-electron chi connectivity index (χ3n) is 3.48. The van der Waals surface area contributed by atoms with Crippen LogP contribution in [0.1, 0.15) is 24.8 Å². The number of allylic oxidation sites excluding steroid dienone is 2. The minimum Gasteiger partial charge on any atom is -0.311 e. The molecule has 0 fully saturated rings. The van der Waals surface area contributed by atoms with Crippen LogP contribution in [-0.2, 0) is 4.79 Å². The number of nitro groups is 1. The lowest BCUT2D eigenvalue weighted by atomic mass is 10.0. The van der Waals surface area contributed by atoms with Gasteiger partial charge < -0.3 is 4.90 Å². The number of rotatable bonds is 5. The number of para-hydroxylation sites is 1. The Labute approximate surface area is 123 Å². The first-order valence-electron chi connectivity index (χ1n) is 6.97. The van der Waals surface area contributed by atoms with Gasteiger partial charge in [-0.2, -0.15) is 0 Å². The molecule has 0 spiro atoms. The smallest absolute Gasteiger partial charge is 0.227 e. The summed E-state index contributed by atoms with van der Waals surface area (Å²) < 4.78 is 0. The van der Waals surface area contributed by atoms with Crippen LogP contribution in [0.3, 0.4) is 0 Å². The minimum absolute atomic E-state index is 0.0667. The zero-order valence-electron chi connectivity index (χ0n) is 11.8. The number of benzene rings is 1. The average Bonchev–Trinajstić information content (AvgIpc) is 2.66. The van der Waals surface area contributed by atoms with Crippen molar-refractivity contribution < 1.29 is 9.72 Å². The first-order chi connectivity index (χ1) is 10.1. The number of hydrogen-bond donors (Lipinski definition) is 0. The summed E-state index contributed by atoms with van der Waals surface area (Å²) in [6, 6.07) is 7.69. The summed E-state index contributed by atoms with van der Waals surface area (Å²) in [5.41, 5.74) is 2.85. The van der Waals surface area contributed by atoms with Gasteiger partial charge >= 0.3 is 0 Å². The Morgan fingerprint density at radius 3 is 2.90 bits per heavy atom. The second-order valence-corrected chi connectivity index (χ2v) is 4.87. The van der Waals surface area contributed by atoms with E-state index in [1.165, 1.54) is 0 Å². The molecule has 1 aromatic rings. The highest BCUT2D eigenvalue weighted by atomic mass is 16.6. The fraction of sp³-hybridized carbons (Fsp3) is 0.312. The molecule has 1 aliphatic heterocycles. The number of carbonyl (C=O) groups excluding carboxylic acids is 1. The van der Waals surface area contributed by atoms with E-state index in [1.807, 2.05) is 24.3 Å². The van der Waals surface area contributed by atoms with Crippen molar-refractivity contribution in [1.29, 1.82) is 0 Å². The lowest BCUT2D eigenvalue weighted by Gasteiger charge is -2.23. The highest BCUT2D eigenvalue weighted by Crippen LogP contribution is 2.31. The maximum atomic E-state index is 12.3. The van der Waals surface area contributed by atoms with Gasteiger partial charge in [-0.05, 0) is 18.1 Å². The molecule has 0 unspecified atom stereocenters. The van der Waals surface area contributed by atoms with Crippen LogP contribution in [0.15, 0.2) is 43.0 Å². The summed E-state index contributed by atoms with van der Waals surface area (Å²) in [6.07, 6.45) is 5.07. The summed E-state index contributed by atoms with van der Waals surface area (Å²) in [5, 5.41) is 10.4. The van der Waals surface area contributed by atoms with Gasteiger partial charge in [0.1, 0.15) is 0 Å². The summed E-state index contributed by atoms with van der Waals surface area (Å²) in [4.78, 5) is 24.0. The predicted molar refractivity (Wildman–Crippen MR) is 82.7 cm³/mol. The van der Waals surface area contributed by atoms with E-state index < -0.39 is 0 Å². The number of amides is 1. The number of anilines is 1. The van der Waals surface area contributed by atoms with E-state index in [2.05, 4.69) is 12.7 Å². The SMILES string of the molecule is C=CC1=CCCN(C(=O)CCC[N+](=O)[O-])c2ccccc21. The molecule has 0 bridgehead atoms. The van der Waals surface area contributed by atoms with Crippen molar-refractivity contribution in [2.45, 2.75) is 19.3 Å². The van der Waals surface area contributed by atoms with Gasteiger partial charge in [0.05, 0.1) is 5.69 Å². The van der Waals surface area contributed by atoms with Crippen LogP contribution >= 0.6 is 0 Å². The van der Waals surface area contributed by atoms with E-state index in [4.69, 9.17) is 0 Å². The molecular weight excluding hydrogens is 268 g/mol. The molecule has 21 heavy (non-hydrogen) atoms. The van der Waals surface area contributed by atoms with Crippen LogP contribution in [-0.4, -0.2) is 23.9 Å². The molecule has 2 rings (SSSR count). The van der Waals surface area contributed by atoms with E-state index >= 15 is 0 Å². The molecule has 0 radical (unpaired) electrons. The Balaban J connectivity index is 2.19. The van der Waals surface area contributed by atoms with Crippen LogP contribution in [0.4, 0.5) is 5.69 Å². The molecule has 0 saturated carbocycles. The quantitative estimate of drug-likeness (QED) is 0.617. The topological polar surface area (TPSA) is 63.5 Å². The Morgan fingerprint density at radius 2 is 2.19 bits per heavy atom. The molecule has 1 heterocycles. The number of fused-ring (bicyclic) bond motifs is 1. The molecule has 110 valence electrons. The average molecular weight is 286 g/mol. The maximum absolute atomic E-state index is 12.3. The van der Waals surface area contributed by atoms with E-state index in [9.17, 15) is 14.9 Å². The highest BCUT2D eigenvalue weighted by molar-refractivity contribution is 5.98. The minimum atomic E-state index is -0.388. The summed E-state index contributed by atoms with van der Waals surface area (Å²) in [5.74, 6) is -0.0667. The maximum Gasteiger partial charge on any atom is 0.227 e. The standard InChI is InChI=1S/C16H18N2O3/c1-2-13-7-5-11-17(15-9-4-3-8-14(13)15)16(19)10-6-12-18(20)21/h2-4,7-9H,1,5-6,10-12H2. The second kappa shape index (κ2) is 6.83. The normalized spacial score (nSPS) is 13.9. The fourth-order valence-corrected chi connectivity index (χ4v) is 2.48. The molecule has 0 atom stereocenters. The first kappa shape index (κ1) is 15.0. The van der Waals surface area contributed by atoms with Crippen molar-refractivity contribution in [3.05, 3.63) is 58.7 Å². The van der Waals surface area contributed by atoms with E-state index in [-0.39, 0.29) is 30.2 Å². The summed E-state index contributed by atoms with van der Waals surface area (Å²) in [7, 11) is 0. The van der Waals surface area contributed by atoms with E-state index in [0.717, 1.165) is 23.2 Å². The van der Waals surface area contributed by atoms with Gasteiger partial charge in [-0.15, -0.1) is 0 Å². The molecule has 5 nitrogen and oxygen atoms in total. The van der Waals surface area contributed by atoms with Crippen molar-refractivity contribution in [3.8, 4) is 0 Å². The molecule has 0 aromatic heterocycles. The lowest BCUT2D eigenvalue weighted by Crippen LogP contribution is -2.32. The number of nitrogens with zero attached hydrogens (tertiary/aromatic N) is 2. The van der Waals surface area contributed by atoms with Crippen LogP contribution in [0.2, 0.25) is 0 Å². The molecule has 1 aromatic carbocycles. The Hall–Kier alpha value is -2.43. The van der Waals surface area contributed by atoms with E-state index in [1.54, 1.807) is 11.0 Å². The third kappa shape index (κ3) is 3.56. The zero-order chi connectivity index (χ0) is 15.2. The van der Waals surface area contributed by atoms with Crippen LogP contribution in [0.5, 0.6) is 0 Å². The zero-order valence-corrected chi connectivity index (χ0v) is 11.8. The summed E-state index contributed by atoms with van der Waals surface area (Å²) >= 11 is 0. The van der Waals surface area contributed by atoms with Gasteiger partial charge in [0.15, 0.2) is 0 Å². The number of hydrogen-bond acceptors (Lipinski definition) is 3. The number of carbonyl (C=O) groups is 1. The first-order valence-corrected chi connectivity index (χ1v) is 6.97. The molecule has 5 heteroatoms. The third-order valence-corrected chi connectivity index (χ3v) is 3.48. The van der Waals surface area contributed by atoms with Gasteiger partial charge in [-0.25, -0.2) is 0 Å². The van der Waals surface area contributed by atoms with Crippen molar-refractivity contribution in [3.63, 3.8) is 0 Å². The van der Waals surface area contributed by atoms with E-state index in [0.29, 0.717) is 6.54 Å². The van der Waals surface area contributed by atoms with Crippen molar-refractivity contribution >= 4 is 17.2 Å². The molecular formula is C16H18N2O3. The molecule has 1 aliphatic rings. The van der Waals surface area contributed by atoms with Gasteiger partial charge in [0.25, 0.3) is 0 Å². The monoisotopic (exact) mass is 286 g/mol. The fourth-order valence-electron chi connectivity index (χ4n) is 2.48. The molecule has 1 amide bonds. The van der Waals surface area contributed by atoms with Crippen molar-refractivity contribution in [2.75, 3.05) is 18.0 Å². The van der Waals surface area contributed by atoms with Gasteiger partial charge in [-0.3, -0.25) is 14.9 Å². The van der Waals surface area contributed by atoms with Crippen LogP contribution < -0.4 is 4.90 Å². The predicted octanol–water partition coefficient (Wildman–Crippen LogP) is 3.05. The van der Waals surface area contributed by atoms with Crippen LogP contribution in [0.25, 0.3) is 5.57 Å².